The number of pyridine rings is 1. The third-order valence-corrected chi connectivity index (χ3v) is 2.34. The van der Waals surface area contributed by atoms with E-state index >= 15 is 0 Å². The summed E-state index contributed by atoms with van der Waals surface area (Å²) in [4.78, 5) is 4.02. The maximum atomic E-state index is 5.81. The first-order chi connectivity index (χ1) is 7.70. The second kappa shape index (κ2) is 4.22. The van der Waals surface area contributed by atoms with Crippen LogP contribution in [0.5, 0.6) is 0 Å². The molecular formula is C11H15N5. The van der Waals surface area contributed by atoms with Gasteiger partial charge >= 0.3 is 0 Å². The molecule has 0 atom stereocenters. The lowest BCUT2D eigenvalue weighted by Gasteiger charge is -2.02. The number of aromatic nitrogens is 3. The van der Waals surface area contributed by atoms with Gasteiger partial charge in [-0.2, -0.15) is 5.10 Å². The van der Waals surface area contributed by atoms with Crippen LogP contribution in [0.25, 0.3) is 11.1 Å². The van der Waals surface area contributed by atoms with Crippen LogP contribution in [0.2, 0.25) is 0 Å². The Hall–Kier alpha value is -2.04. The number of anilines is 2. The quantitative estimate of drug-likeness (QED) is 0.816. The van der Waals surface area contributed by atoms with Crippen LogP contribution in [-0.4, -0.2) is 14.8 Å². The summed E-state index contributed by atoms with van der Waals surface area (Å²) in [5.41, 5.74) is 13.2. The average Bonchev–Trinajstić information content (AvgIpc) is 2.67. The molecule has 16 heavy (non-hydrogen) atoms. The molecule has 0 aliphatic rings. The van der Waals surface area contributed by atoms with Crippen LogP contribution >= 0.6 is 0 Å². The number of hydrogen-bond acceptors (Lipinski definition) is 4. The van der Waals surface area contributed by atoms with E-state index in [9.17, 15) is 0 Å². The Balaban J connectivity index is 2.35. The molecule has 5 heteroatoms. The van der Waals surface area contributed by atoms with Gasteiger partial charge in [-0.15, -0.1) is 0 Å². The lowest BCUT2D eigenvalue weighted by atomic mass is 10.1. The van der Waals surface area contributed by atoms with Crippen LogP contribution in [0, 0.1) is 0 Å². The van der Waals surface area contributed by atoms with Crippen LogP contribution < -0.4 is 11.5 Å². The highest BCUT2D eigenvalue weighted by Gasteiger charge is 2.06. The molecule has 0 saturated carbocycles. The number of nitrogens with two attached hydrogens (primary N) is 2. The number of hydrogen-bond donors (Lipinski definition) is 2. The highest BCUT2D eigenvalue weighted by molar-refractivity contribution is 5.73. The lowest BCUT2D eigenvalue weighted by molar-refractivity contribution is 0.603. The monoisotopic (exact) mass is 217 g/mol. The Morgan fingerprint density at radius 1 is 1.31 bits per heavy atom. The summed E-state index contributed by atoms with van der Waals surface area (Å²) in [6.07, 6.45) is 4.81. The molecule has 0 unspecified atom stereocenters. The Labute approximate surface area is 94.1 Å². The third kappa shape index (κ3) is 1.98. The average molecular weight is 217 g/mol. The normalized spacial score (nSPS) is 10.6. The van der Waals surface area contributed by atoms with Crippen LogP contribution in [0.4, 0.5) is 11.6 Å². The van der Waals surface area contributed by atoms with Crippen LogP contribution in [0.3, 0.4) is 0 Å². The molecular weight excluding hydrogens is 202 g/mol. The molecule has 0 aromatic carbocycles. The fourth-order valence-electron chi connectivity index (χ4n) is 1.59. The van der Waals surface area contributed by atoms with Crippen LogP contribution in [-0.2, 0) is 6.54 Å². The zero-order valence-corrected chi connectivity index (χ0v) is 9.22. The molecule has 0 saturated heterocycles. The number of nitrogen functional groups attached to an aromatic ring is 2. The summed E-state index contributed by atoms with van der Waals surface area (Å²) in [6.45, 7) is 3.02. The van der Waals surface area contributed by atoms with Crippen molar-refractivity contribution in [3.8, 4) is 11.1 Å². The summed E-state index contributed by atoms with van der Waals surface area (Å²) in [5.74, 6) is 0.873. The topological polar surface area (TPSA) is 82.8 Å². The molecule has 4 N–H and O–H groups in total. The smallest absolute Gasteiger partial charge is 0.133 e. The summed E-state index contributed by atoms with van der Waals surface area (Å²) >= 11 is 0. The van der Waals surface area contributed by atoms with Crippen LogP contribution in [0.1, 0.15) is 13.3 Å². The molecule has 0 aliphatic carbocycles. The molecule has 2 heterocycles. The molecule has 5 nitrogen and oxygen atoms in total. The summed E-state index contributed by atoms with van der Waals surface area (Å²) in [5, 5.41) is 4.25. The van der Waals surface area contributed by atoms with E-state index in [1.165, 1.54) is 0 Å². The van der Waals surface area contributed by atoms with E-state index < -0.39 is 0 Å². The second-order valence-corrected chi connectivity index (χ2v) is 3.66. The molecule has 0 spiro atoms. The SMILES string of the molecule is CCCn1cc(-c2ccc(N)nc2N)cn1. The van der Waals surface area contributed by atoms with Crippen molar-refractivity contribution < 1.29 is 0 Å². The molecule has 0 aliphatic heterocycles. The fourth-order valence-corrected chi connectivity index (χ4v) is 1.59. The van der Waals surface area contributed by atoms with Gasteiger partial charge in [0.15, 0.2) is 0 Å². The predicted octanol–water partition coefficient (Wildman–Crippen LogP) is 1.52. The van der Waals surface area contributed by atoms with Gasteiger partial charge in [0.05, 0.1) is 6.20 Å². The minimum absolute atomic E-state index is 0.433. The molecule has 0 radical (unpaired) electrons. The fraction of sp³-hybridized carbons (Fsp3) is 0.273. The van der Waals surface area contributed by atoms with E-state index in [-0.39, 0.29) is 0 Å². The van der Waals surface area contributed by atoms with Crippen molar-refractivity contribution in [2.24, 2.45) is 0 Å². The Bertz CT molecular complexity index is 489. The molecule has 0 bridgehead atoms. The van der Waals surface area contributed by atoms with Crippen molar-refractivity contribution in [1.82, 2.24) is 14.8 Å². The summed E-state index contributed by atoms with van der Waals surface area (Å²) in [7, 11) is 0. The van der Waals surface area contributed by atoms with Gasteiger partial charge in [0.25, 0.3) is 0 Å². The van der Waals surface area contributed by atoms with Gasteiger partial charge in [-0.05, 0) is 18.6 Å². The molecule has 0 amide bonds. The molecule has 0 fully saturated rings. The van der Waals surface area contributed by atoms with E-state index in [4.69, 9.17) is 11.5 Å². The predicted molar refractivity (Wildman–Crippen MR) is 64.6 cm³/mol. The van der Waals surface area contributed by atoms with Gasteiger partial charge in [-0.1, -0.05) is 6.92 Å². The second-order valence-electron chi connectivity index (χ2n) is 3.66. The zero-order chi connectivity index (χ0) is 11.5. The largest absolute Gasteiger partial charge is 0.384 e. The van der Waals surface area contributed by atoms with Gasteiger partial charge in [0.2, 0.25) is 0 Å². The molecule has 2 aromatic rings. The van der Waals surface area contributed by atoms with E-state index in [1.807, 2.05) is 16.9 Å². The summed E-state index contributed by atoms with van der Waals surface area (Å²) < 4.78 is 1.89. The maximum absolute atomic E-state index is 5.81. The summed E-state index contributed by atoms with van der Waals surface area (Å²) in [6, 6.07) is 3.60. The Morgan fingerprint density at radius 2 is 2.12 bits per heavy atom. The van der Waals surface area contributed by atoms with Gasteiger partial charge in [-0.3, -0.25) is 4.68 Å². The minimum Gasteiger partial charge on any atom is -0.384 e. The minimum atomic E-state index is 0.433. The van der Waals surface area contributed by atoms with Gasteiger partial charge in [-0.25, -0.2) is 4.98 Å². The van der Waals surface area contributed by atoms with Gasteiger partial charge in [0.1, 0.15) is 11.6 Å². The Kier molecular flexibility index (Phi) is 2.76. The Morgan fingerprint density at radius 3 is 2.81 bits per heavy atom. The number of aryl methyl sites for hydroxylation is 1. The van der Waals surface area contributed by atoms with Gasteiger partial charge < -0.3 is 11.5 Å². The van der Waals surface area contributed by atoms with E-state index in [1.54, 1.807) is 12.3 Å². The highest BCUT2D eigenvalue weighted by Crippen LogP contribution is 2.24. The maximum Gasteiger partial charge on any atom is 0.133 e. The van der Waals surface area contributed by atoms with Crippen molar-refractivity contribution in [1.29, 1.82) is 0 Å². The van der Waals surface area contributed by atoms with Crippen molar-refractivity contribution in [2.75, 3.05) is 11.5 Å². The first-order valence-electron chi connectivity index (χ1n) is 5.25. The van der Waals surface area contributed by atoms with E-state index in [2.05, 4.69) is 17.0 Å². The first-order valence-corrected chi connectivity index (χ1v) is 5.25. The van der Waals surface area contributed by atoms with E-state index in [0.29, 0.717) is 11.6 Å². The van der Waals surface area contributed by atoms with Crippen molar-refractivity contribution in [2.45, 2.75) is 19.9 Å². The van der Waals surface area contributed by atoms with Crippen molar-refractivity contribution in [3.05, 3.63) is 24.5 Å². The van der Waals surface area contributed by atoms with E-state index in [0.717, 1.165) is 24.1 Å². The first kappa shape index (κ1) is 10.5. The third-order valence-electron chi connectivity index (χ3n) is 2.34. The number of nitrogens with zero attached hydrogens (tertiary/aromatic N) is 3. The molecule has 84 valence electrons. The van der Waals surface area contributed by atoms with Crippen molar-refractivity contribution in [3.63, 3.8) is 0 Å². The highest BCUT2D eigenvalue weighted by atomic mass is 15.3. The molecule has 2 aromatic heterocycles. The van der Waals surface area contributed by atoms with Crippen molar-refractivity contribution >= 4 is 11.6 Å². The zero-order valence-electron chi connectivity index (χ0n) is 9.22. The number of rotatable bonds is 3. The van der Waals surface area contributed by atoms with Gasteiger partial charge in [0, 0.05) is 23.9 Å². The van der Waals surface area contributed by atoms with Crippen LogP contribution in [0.15, 0.2) is 24.5 Å². The standard InChI is InChI=1S/C11H15N5/c1-2-5-16-7-8(6-14-16)9-3-4-10(12)15-11(9)13/h3-4,6-7H,2,5H2,1H3,(H4,12,13,15). The lowest BCUT2D eigenvalue weighted by Crippen LogP contribution is -1.98. The molecule has 2 rings (SSSR count).